The molecule has 0 spiro atoms. The minimum atomic E-state index is 0.0218. The Kier molecular flexibility index (Phi) is 22.7. The summed E-state index contributed by atoms with van der Waals surface area (Å²) in [6.45, 7) is 9.36. The van der Waals surface area contributed by atoms with Crippen molar-refractivity contribution in [3.05, 3.63) is 0 Å². The van der Waals surface area contributed by atoms with E-state index in [-0.39, 0.29) is 11.9 Å². The number of hydrogen-bond acceptors (Lipinski definition) is 2. The number of ether oxygens (including phenoxy) is 1. The summed E-state index contributed by atoms with van der Waals surface area (Å²) in [6, 6.07) is 0. The average Bonchev–Trinajstić information content (AvgIpc) is 2.74. The molecule has 0 heterocycles. The van der Waals surface area contributed by atoms with E-state index >= 15 is 0 Å². The quantitative estimate of drug-likeness (QED) is 0.120. The van der Waals surface area contributed by atoms with Crippen LogP contribution in [-0.2, 0) is 9.53 Å². The topological polar surface area (TPSA) is 26.3 Å². The molecule has 0 aliphatic heterocycles. The molecule has 0 aromatic heterocycles. The molecule has 30 heavy (non-hydrogen) atoms. The highest BCUT2D eigenvalue weighted by Gasteiger charge is 2.16. The van der Waals surface area contributed by atoms with E-state index in [4.69, 9.17) is 4.74 Å². The third kappa shape index (κ3) is 19.4. The predicted octanol–water partition coefficient (Wildman–Crippen LogP) is 9.64. The van der Waals surface area contributed by atoms with Crippen LogP contribution in [0.25, 0.3) is 0 Å². The molecule has 0 aromatic carbocycles. The molecule has 0 saturated carbocycles. The molecule has 2 nitrogen and oxygen atoms in total. The van der Waals surface area contributed by atoms with E-state index in [2.05, 4.69) is 20.8 Å². The molecule has 0 N–H and O–H groups in total. The molecule has 0 amide bonds. The van der Waals surface area contributed by atoms with E-state index in [0.717, 1.165) is 12.8 Å². The van der Waals surface area contributed by atoms with Crippen molar-refractivity contribution in [2.45, 2.75) is 156 Å². The van der Waals surface area contributed by atoms with Gasteiger partial charge in [0.1, 0.15) is 0 Å². The van der Waals surface area contributed by atoms with E-state index in [1.165, 1.54) is 116 Å². The van der Waals surface area contributed by atoms with Gasteiger partial charge < -0.3 is 4.74 Å². The molecule has 180 valence electrons. The molecule has 0 fully saturated rings. The molecule has 0 aliphatic carbocycles. The van der Waals surface area contributed by atoms with Crippen molar-refractivity contribution in [3.63, 3.8) is 0 Å². The minimum Gasteiger partial charge on any atom is -0.465 e. The van der Waals surface area contributed by atoms with Crippen LogP contribution in [0, 0.1) is 11.8 Å². The lowest BCUT2D eigenvalue weighted by Crippen LogP contribution is -2.19. The molecule has 0 radical (unpaired) electrons. The molecule has 2 heteroatoms. The maximum Gasteiger partial charge on any atom is 0.308 e. The zero-order valence-electron chi connectivity index (χ0n) is 21.3. The van der Waals surface area contributed by atoms with Gasteiger partial charge in [-0.2, -0.15) is 0 Å². The highest BCUT2D eigenvalue weighted by molar-refractivity contribution is 5.71. The number of esters is 1. The van der Waals surface area contributed by atoms with Gasteiger partial charge in [-0.3, -0.25) is 4.79 Å². The molecule has 0 aromatic rings. The van der Waals surface area contributed by atoms with Crippen LogP contribution < -0.4 is 0 Å². The van der Waals surface area contributed by atoms with Crippen molar-refractivity contribution >= 4 is 5.97 Å². The summed E-state index contributed by atoms with van der Waals surface area (Å²) in [6.07, 6.45) is 26.4. The first-order chi connectivity index (χ1) is 14.7. The van der Waals surface area contributed by atoms with Crippen LogP contribution in [0.3, 0.4) is 0 Å². The van der Waals surface area contributed by atoms with E-state index in [1.54, 1.807) is 0 Å². The Balaban J connectivity index is 4.03. The molecule has 0 saturated heterocycles. The fourth-order valence-corrected chi connectivity index (χ4v) is 4.34. The van der Waals surface area contributed by atoms with Crippen molar-refractivity contribution in [1.82, 2.24) is 0 Å². The standard InChI is InChI=1S/C28H56O2/c1-5-8-10-12-14-15-17-19-21-24-27(23-20-18-16-13-11-9-6-2)25-30-28(29)26(4)22-7-3/h26-27H,5-25H2,1-4H3. The van der Waals surface area contributed by atoms with Crippen molar-refractivity contribution < 1.29 is 9.53 Å². The summed E-state index contributed by atoms with van der Waals surface area (Å²) >= 11 is 0. The van der Waals surface area contributed by atoms with Gasteiger partial charge in [0.05, 0.1) is 12.5 Å². The first-order valence-electron chi connectivity index (χ1n) is 13.8. The van der Waals surface area contributed by atoms with Gasteiger partial charge >= 0.3 is 5.97 Å². The van der Waals surface area contributed by atoms with E-state index in [0.29, 0.717) is 12.5 Å². The van der Waals surface area contributed by atoms with Gasteiger partial charge in [-0.25, -0.2) is 0 Å². The largest absolute Gasteiger partial charge is 0.465 e. The van der Waals surface area contributed by atoms with Crippen LogP contribution in [0.2, 0.25) is 0 Å². The maximum atomic E-state index is 12.2. The second-order valence-electron chi connectivity index (χ2n) is 9.71. The highest BCUT2D eigenvalue weighted by atomic mass is 16.5. The number of hydrogen-bond donors (Lipinski definition) is 0. The average molecular weight is 425 g/mol. The van der Waals surface area contributed by atoms with Gasteiger partial charge in [-0.15, -0.1) is 0 Å². The summed E-state index contributed by atoms with van der Waals surface area (Å²) in [5.74, 6) is 0.651. The molecule has 0 aliphatic rings. The molecular weight excluding hydrogens is 368 g/mol. The lowest BCUT2D eigenvalue weighted by Gasteiger charge is -2.19. The van der Waals surface area contributed by atoms with Gasteiger partial charge in [0, 0.05) is 0 Å². The fraction of sp³-hybridized carbons (Fsp3) is 0.964. The zero-order valence-corrected chi connectivity index (χ0v) is 21.3. The van der Waals surface area contributed by atoms with Crippen molar-refractivity contribution in [2.75, 3.05) is 6.61 Å². The highest BCUT2D eigenvalue weighted by Crippen LogP contribution is 2.21. The number of carbonyl (C=O) groups excluding carboxylic acids is 1. The van der Waals surface area contributed by atoms with Gasteiger partial charge in [0.15, 0.2) is 0 Å². The summed E-state index contributed by atoms with van der Waals surface area (Å²) in [4.78, 5) is 12.2. The summed E-state index contributed by atoms with van der Waals surface area (Å²) in [5.41, 5.74) is 0. The molecule has 2 atom stereocenters. The van der Waals surface area contributed by atoms with Crippen LogP contribution in [-0.4, -0.2) is 12.6 Å². The Morgan fingerprint density at radius 1 is 0.567 bits per heavy atom. The van der Waals surface area contributed by atoms with Crippen LogP contribution >= 0.6 is 0 Å². The summed E-state index contributed by atoms with van der Waals surface area (Å²) in [5, 5.41) is 0. The molecular formula is C28H56O2. The van der Waals surface area contributed by atoms with Gasteiger partial charge in [-0.05, 0) is 25.2 Å². The Morgan fingerprint density at radius 2 is 0.967 bits per heavy atom. The van der Waals surface area contributed by atoms with E-state index in [1.807, 2.05) is 6.92 Å². The molecule has 0 rings (SSSR count). The molecule has 2 unspecified atom stereocenters. The summed E-state index contributed by atoms with van der Waals surface area (Å²) in [7, 11) is 0. The normalized spacial score (nSPS) is 13.3. The van der Waals surface area contributed by atoms with Gasteiger partial charge in [0.25, 0.3) is 0 Å². The monoisotopic (exact) mass is 424 g/mol. The molecule has 0 bridgehead atoms. The van der Waals surface area contributed by atoms with E-state index in [9.17, 15) is 4.79 Å². The van der Waals surface area contributed by atoms with Crippen LogP contribution in [0.15, 0.2) is 0 Å². The fourth-order valence-electron chi connectivity index (χ4n) is 4.34. The summed E-state index contributed by atoms with van der Waals surface area (Å²) < 4.78 is 5.72. The van der Waals surface area contributed by atoms with Crippen molar-refractivity contribution in [3.8, 4) is 0 Å². The minimum absolute atomic E-state index is 0.0218. The lowest BCUT2D eigenvalue weighted by atomic mass is 9.94. The van der Waals surface area contributed by atoms with Gasteiger partial charge in [-0.1, -0.05) is 137 Å². The van der Waals surface area contributed by atoms with Gasteiger partial charge in [0.2, 0.25) is 0 Å². The Hall–Kier alpha value is -0.530. The number of rotatable bonds is 23. The van der Waals surface area contributed by atoms with Crippen molar-refractivity contribution in [2.24, 2.45) is 11.8 Å². The Bertz CT molecular complexity index is 353. The lowest BCUT2D eigenvalue weighted by molar-refractivity contribution is -0.149. The second-order valence-corrected chi connectivity index (χ2v) is 9.71. The second kappa shape index (κ2) is 23.1. The van der Waals surface area contributed by atoms with Crippen molar-refractivity contribution in [1.29, 1.82) is 0 Å². The predicted molar refractivity (Wildman–Crippen MR) is 133 cm³/mol. The number of unbranched alkanes of at least 4 members (excludes halogenated alkanes) is 14. The zero-order chi connectivity index (χ0) is 22.3. The number of carbonyl (C=O) groups is 1. The Labute approximate surface area is 190 Å². The smallest absolute Gasteiger partial charge is 0.308 e. The van der Waals surface area contributed by atoms with Crippen LogP contribution in [0.1, 0.15) is 156 Å². The first-order valence-corrected chi connectivity index (χ1v) is 13.8. The third-order valence-electron chi connectivity index (χ3n) is 6.52. The first kappa shape index (κ1) is 29.5. The SMILES string of the molecule is CCCCCCCCCCCC(CCCCCCCCC)COC(=O)C(C)CCC. The third-order valence-corrected chi connectivity index (χ3v) is 6.52. The maximum absolute atomic E-state index is 12.2. The Morgan fingerprint density at radius 3 is 1.37 bits per heavy atom. The van der Waals surface area contributed by atoms with E-state index < -0.39 is 0 Å². The van der Waals surface area contributed by atoms with Crippen LogP contribution in [0.5, 0.6) is 0 Å². The van der Waals surface area contributed by atoms with Crippen LogP contribution in [0.4, 0.5) is 0 Å².